The number of hydrogen-bond donors (Lipinski definition) is 2. The third kappa shape index (κ3) is 3.06. The number of imidazole rings is 1. The molecule has 5 heteroatoms. The third-order valence-electron chi connectivity index (χ3n) is 2.58. The summed E-state index contributed by atoms with van der Waals surface area (Å²) in [6.07, 6.45) is 6.28. The minimum absolute atomic E-state index is 0.0446. The van der Waals surface area contributed by atoms with Gasteiger partial charge in [-0.2, -0.15) is 0 Å². The first kappa shape index (κ1) is 12.7. The number of nitrogens with two attached hydrogens (primary N) is 2. The van der Waals surface area contributed by atoms with Gasteiger partial charge in [-0.05, 0) is 6.42 Å². The van der Waals surface area contributed by atoms with E-state index >= 15 is 0 Å². The van der Waals surface area contributed by atoms with E-state index in [9.17, 15) is 4.79 Å². The largest absolute Gasteiger partial charge is 0.383 e. The van der Waals surface area contributed by atoms with Crippen molar-refractivity contribution < 1.29 is 4.79 Å². The lowest BCUT2D eigenvalue weighted by Gasteiger charge is -2.04. The number of anilines is 1. The average molecular weight is 224 g/mol. The van der Waals surface area contributed by atoms with Crippen LogP contribution in [-0.2, 0) is 6.54 Å². The topological polar surface area (TPSA) is 86.9 Å². The van der Waals surface area contributed by atoms with Crippen molar-refractivity contribution >= 4 is 11.6 Å². The van der Waals surface area contributed by atoms with Crippen molar-refractivity contribution in [1.82, 2.24) is 9.55 Å². The molecule has 0 aliphatic heterocycles. The highest BCUT2D eigenvalue weighted by molar-refractivity contribution is 5.99. The third-order valence-corrected chi connectivity index (χ3v) is 2.58. The molecule has 0 saturated heterocycles. The Morgan fingerprint density at radius 2 is 2.19 bits per heavy atom. The van der Waals surface area contributed by atoms with Gasteiger partial charge in [-0.1, -0.05) is 26.2 Å². The molecule has 0 aliphatic carbocycles. The number of nitrogen functional groups attached to an aromatic ring is 1. The standard InChI is InChI=1S/C11H20N4O/c1-2-3-4-5-6-15-8-14-10(11(15)13)9(16)7-12/h8H,2-7,12-13H2,1H3. The summed E-state index contributed by atoms with van der Waals surface area (Å²) in [5, 5.41) is 0. The Hall–Kier alpha value is -1.36. The SMILES string of the molecule is CCCCCCn1cnc(C(=O)CN)c1N. The van der Waals surface area contributed by atoms with E-state index in [4.69, 9.17) is 11.5 Å². The number of nitrogens with zero attached hydrogens (tertiary/aromatic N) is 2. The molecule has 0 aromatic carbocycles. The van der Waals surface area contributed by atoms with Crippen molar-refractivity contribution in [2.45, 2.75) is 39.2 Å². The number of Topliss-reactive ketones (excluding diaryl/α,β-unsaturated/α-hetero) is 1. The lowest BCUT2D eigenvalue weighted by atomic mass is 10.2. The maximum atomic E-state index is 11.3. The molecule has 1 aromatic heterocycles. The molecule has 0 radical (unpaired) electrons. The first-order valence-electron chi connectivity index (χ1n) is 5.74. The van der Waals surface area contributed by atoms with Crippen molar-refractivity contribution in [3.05, 3.63) is 12.0 Å². The molecule has 0 atom stereocenters. The number of ketones is 1. The van der Waals surface area contributed by atoms with Gasteiger partial charge in [0.2, 0.25) is 0 Å². The molecular formula is C11H20N4O. The van der Waals surface area contributed by atoms with Crippen LogP contribution in [0.1, 0.15) is 43.1 Å². The smallest absolute Gasteiger partial charge is 0.198 e. The zero-order valence-electron chi connectivity index (χ0n) is 9.78. The molecule has 0 saturated carbocycles. The van der Waals surface area contributed by atoms with E-state index < -0.39 is 0 Å². The van der Waals surface area contributed by atoms with Gasteiger partial charge >= 0.3 is 0 Å². The Labute approximate surface area is 95.8 Å². The van der Waals surface area contributed by atoms with E-state index in [0.717, 1.165) is 13.0 Å². The zero-order chi connectivity index (χ0) is 12.0. The summed E-state index contributed by atoms with van der Waals surface area (Å²) in [4.78, 5) is 15.3. The van der Waals surface area contributed by atoms with Gasteiger partial charge in [0, 0.05) is 6.54 Å². The van der Waals surface area contributed by atoms with Gasteiger partial charge in [-0.25, -0.2) is 4.98 Å². The Morgan fingerprint density at radius 3 is 2.81 bits per heavy atom. The summed E-state index contributed by atoms with van der Waals surface area (Å²) >= 11 is 0. The molecule has 0 aliphatic rings. The van der Waals surface area contributed by atoms with E-state index in [2.05, 4.69) is 11.9 Å². The van der Waals surface area contributed by atoms with Gasteiger partial charge in [-0.15, -0.1) is 0 Å². The van der Waals surface area contributed by atoms with Crippen LogP contribution < -0.4 is 11.5 Å². The van der Waals surface area contributed by atoms with Gasteiger partial charge in [0.05, 0.1) is 12.9 Å². The lowest BCUT2D eigenvalue weighted by molar-refractivity contribution is 0.0998. The Bertz CT molecular complexity index is 346. The number of aromatic nitrogens is 2. The van der Waals surface area contributed by atoms with Gasteiger partial charge in [0.15, 0.2) is 5.78 Å². The number of rotatable bonds is 7. The second-order valence-electron chi connectivity index (χ2n) is 3.86. The monoisotopic (exact) mass is 224 g/mol. The molecule has 5 nitrogen and oxygen atoms in total. The van der Waals surface area contributed by atoms with Crippen molar-refractivity contribution in [2.75, 3.05) is 12.3 Å². The Morgan fingerprint density at radius 1 is 1.44 bits per heavy atom. The molecule has 0 unspecified atom stereocenters. The molecule has 90 valence electrons. The minimum Gasteiger partial charge on any atom is -0.383 e. The molecule has 1 rings (SSSR count). The van der Waals surface area contributed by atoms with Crippen LogP contribution in [0, 0.1) is 0 Å². The lowest BCUT2D eigenvalue weighted by Crippen LogP contribution is -2.16. The summed E-state index contributed by atoms with van der Waals surface area (Å²) < 4.78 is 1.82. The van der Waals surface area contributed by atoms with E-state index in [1.165, 1.54) is 19.3 Å². The molecule has 0 spiro atoms. The Balaban J connectivity index is 2.55. The number of hydrogen-bond acceptors (Lipinski definition) is 4. The van der Waals surface area contributed by atoms with Crippen molar-refractivity contribution in [2.24, 2.45) is 5.73 Å². The van der Waals surface area contributed by atoms with Crippen LogP contribution in [0.2, 0.25) is 0 Å². The first-order valence-corrected chi connectivity index (χ1v) is 5.74. The summed E-state index contributed by atoms with van der Waals surface area (Å²) in [5.41, 5.74) is 11.4. The molecule has 1 heterocycles. The van der Waals surface area contributed by atoms with Crippen molar-refractivity contribution in [1.29, 1.82) is 0 Å². The molecule has 16 heavy (non-hydrogen) atoms. The second-order valence-corrected chi connectivity index (χ2v) is 3.86. The predicted octanol–water partition coefficient (Wildman–Crippen LogP) is 1.19. The van der Waals surface area contributed by atoms with Gasteiger partial charge in [0.1, 0.15) is 11.5 Å². The van der Waals surface area contributed by atoms with E-state index in [-0.39, 0.29) is 12.3 Å². The van der Waals surface area contributed by atoms with Gasteiger partial charge in [-0.3, -0.25) is 4.79 Å². The highest BCUT2D eigenvalue weighted by atomic mass is 16.1. The van der Waals surface area contributed by atoms with Crippen molar-refractivity contribution in [3.8, 4) is 0 Å². The molecule has 1 aromatic rings. The fourth-order valence-electron chi connectivity index (χ4n) is 1.59. The highest BCUT2D eigenvalue weighted by Gasteiger charge is 2.13. The number of carbonyl (C=O) groups excluding carboxylic acids is 1. The fourth-order valence-corrected chi connectivity index (χ4v) is 1.59. The van der Waals surface area contributed by atoms with E-state index in [0.29, 0.717) is 11.5 Å². The zero-order valence-corrected chi connectivity index (χ0v) is 9.78. The van der Waals surface area contributed by atoms with Crippen LogP contribution >= 0.6 is 0 Å². The summed E-state index contributed by atoms with van der Waals surface area (Å²) in [6.45, 7) is 2.94. The maximum absolute atomic E-state index is 11.3. The van der Waals surface area contributed by atoms with Gasteiger partial charge < -0.3 is 16.0 Å². The highest BCUT2D eigenvalue weighted by Crippen LogP contribution is 2.12. The Kier molecular flexibility index (Phi) is 4.98. The second kappa shape index (κ2) is 6.27. The van der Waals surface area contributed by atoms with Gasteiger partial charge in [0.25, 0.3) is 0 Å². The fraction of sp³-hybridized carbons (Fsp3) is 0.636. The first-order chi connectivity index (χ1) is 7.70. The quantitative estimate of drug-likeness (QED) is 0.538. The van der Waals surface area contributed by atoms with Crippen LogP contribution in [0.5, 0.6) is 0 Å². The van der Waals surface area contributed by atoms with Crippen molar-refractivity contribution in [3.63, 3.8) is 0 Å². The number of carbonyl (C=O) groups is 1. The molecule has 4 N–H and O–H groups in total. The number of aryl methyl sites for hydroxylation is 1. The summed E-state index contributed by atoms with van der Waals surface area (Å²) in [5.74, 6) is 0.233. The maximum Gasteiger partial charge on any atom is 0.198 e. The van der Waals surface area contributed by atoms with E-state index in [1.807, 2.05) is 4.57 Å². The summed E-state index contributed by atoms with van der Waals surface area (Å²) in [7, 11) is 0. The predicted molar refractivity (Wildman–Crippen MR) is 64.2 cm³/mol. The molecular weight excluding hydrogens is 204 g/mol. The van der Waals surface area contributed by atoms with Crippen LogP contribution in [0.25, 0.3) is 0 Å². The van der Waals surface area contributed by atoms with Crippen LogP contribution in [-0.4, -0.2) is 21.9 Å². The van der Waals surface area contributed by atoms with Crippen LogP contribution in [0.3, 0.4) is 0 Å². The molecule has 0 bridgehead atoms. The molecule has 0 fully saturated rings. The van der Waals surface area contributed by atoms with E-state index in [1.54, 1.807) is 6.33 Å². The number of unbranched alkanes of at least 4 members (excludes halogenated alkanes) is 3. The minimum atomic E-state index is -0.204. The summed E-state index contributed by atoms with van der Waals surface area (Å²) in [6, 6.07) is 0. The van der Waals surface area contributed by atoms with Crippen LogP contribution in [0.4, 0.5) is 5.82 Å². The van der Waals surface area contributed by atoms with Crippen LogP contribution in [0.15, 0.2) is 6.33 Å². The average Bonchev–Trinajstić information content (AvgIpc) is 2.65. The molecule has 0 amide bonds. The normalized spacial score (nSPS) is 10.6.